The van der Waals surface area contributed by atoms with Crippen LogP contribution in [0.25, 0.3) is 11.4 Å². The van der Waals surface area contributed by atoms with Gasteiger partial charge in [0.05, 0.1) is 5.92 Å². The minimum Gasteiger partial charge on any atom is -0.372 e. The third-order valence-electron chi connectivity index (χ3n) is 6.32. The lowest BCUT2D eigenvalue weighted by atomic mass is 9.97. The quantitative estimate of drug-likeness (QED) is 0.555. The molecule has 33 heavy (non-hydrogen) atoms. The molecule has 1 aromatic heterocycles. The number of aromatic nitrogens is 2. The molecule has 1 aliphatic rings. The number of anilines is 2. The van der Waals surface area contributed by atoms with Crippen molar-refractivity contribution in [3.05, 3.63) is 72.4 Å². The molecule has 2 aromatic carbocycles. The molecule has 6 nitrogen and oxygen atoms in total. The second-order valence-corrected chi connectivity index (χ2v) is 8.45. The van der Waals surface area contributed by atoms with Crippen LogP contribution in [-0.2, 0) is 11.3 Å². The summed E-state index contributed by atoms with van der Waals surface area (Å²) in [6.07, 6.45) is 3.68. The predicted molar refractivity (Wildman–Crippen MR) is 134 cm³/mol. The van der Waals surface area contributed by atoms with E-state index < -0.39 is 0 Å². The summed E-state index contributed by atoms with van der Waals surface area (Å²) in [4.78, 5) is 26.6. The van der Waals surface area contributed by atoms with Crippen LogP contribution >= 0.6 is 0 Å². The van der Waals surface area contributed by atoms with Crippen LogP contribution in [0.2, 0.25) is 0 Å². The molecule has 172 valence electrons. The van der Waals surface area contributed by atoms with Crippen LogP contribution < -0.4 is 15.1 Å². The minimum absolute atomic E-state index is 0.0381. The Morgan fingerprint density at radius 2 is 1.82 bits per heavy atom. The lowest BCUT2D eigenvalue weighted by Gasteiger charge is -2.33. The third-order valence-corrected chi connectivity index (χ3v) is 6.32. The summed E-state index contributed by atoms with van der Waals surface area (Å²) in [5.41, 5.74) is 3.34. The van der Waals surface area contributed by atoms with Crippen molar-refractivity contribution in [2.45, 2.75) is 33.2 Å². The number of rotatable bonds is 8. The summed E-state index contributed by atoms with van der Waals surface area (Å²) in [6.45, 7) is 8.44. The molecule has 0 radical (unpaired) electrons. The summed E-state index contributed by atoms with van der Waals surface area (Å²) in [7, 11) is 0. The van der Waals surface area contributed by atoms with Gasteiger partial charge in [-0.25, -0.2) is 9.97 Å². The molecule has 1 fully saturated rings. The fraction of sp³-hybridized carbons (Fsp3) is 0.370. The number of amides is 1. The summed E-state index contributed by atoms with van der Waals surface area (Å²) < 4.78 is 0. The molecule has 1 amide bonds. The van der Waals surface area contributed by atoms with Gasteiger partial charge in [0.25, 0.3) is 0 Å². The highest BCUT2D eigenvalue weighted by molar-refractivity contribution is 5.79. The number of piperidine rings is 1. The molecular weight excluding hydrogens is 410 g/mol. The summed E-state index contributed by atoms with van der Waals surface area (Å²) in [6, 6.07) is 20.4. The van der Waals surface area contributed by atoms with Crippen molar-refractivity contribution >= 4 is 17.4 Å². The number of carbonyl (C=O) groups is 1. The van der Waals surface area contributed by atoms with Crippen molar-refractivity contribution < 1.29 is 4.79 Å². The standard InChI is InChI=1S/C27H33N5O/c1-3-31(4-2)24-14-12-21(13-15-24)19-29-27(33)23-11-8-18-32(20-23)25-16-17-28-26(30-25)22-9-6-5-7-10-22/h5-7,9-10,12-17,23H,3-4,8,11,18-20H2,1-2H3,(H,29,33). The highest BCUT2D eigenvalue weighted by atomic mass is 16.1. The zero-order chi connectivity index (χ0) is 23.0. The molecule has 3 aromatic rings. The Morgan fingerprint density at radius 3 is 2.55 bits per heavy atom. The van der Waals surface area contributed by atoms with E-state index in [0.29, 0.717) is 18.9 Å². The van der Waals surface area contributed by atoms with E-state index in [1.807, 2.05) is 36.4 Å². The minimum atomic E-state index is -0.0381. The van der Waals surface area contributed by atoms with Crippen LogP contribution in [0.1, 0.15) is 32.3 Å². The number of nitrogens with zero attached hydrogens (tertiary/aromatic N) is 4. The van der Waals surface area contributed by atoms with Gasteiger partial charge in [-0.3, -0.25) is 4.79 Å². The van der Waals surface area contributed by atoms with Crippen LogP contribution in [0, 0.1) is 5.92 Å². The van der Waals surface area contributed by atoms with Crippen LogP contribution in [0.3, 0.4) is 0 Å². The first-order valence-corrected chi connectivity index (χ1v) is 11.9. The van der Waals surface area contributed by atoms with Gasteiger partial charge in [0.2, 0.25) is 5.91 Å². The van der Waals surface area contributed by atoms with E-state index in [4.69, 9.17) is 4.98 Å². The Morgan fingerprint density at radius 1 is 1.06 bits per heavy atom. The second-order valence-electron chi connectivity index (χ2n) is 8.45. The van der Waals surface area contributed by atoms with E-state index in [-0.39, 0.29) is 11.8 Å². The molecule has 0 saturated carbocycles. The Balaban J connectivity index is 1.35. The van der Waals surface area contributed by atoms with Gasteiger partial charge >= 0.3 is 0 Å². The van der Waals surface area contributed by atoms with E-state index in [2.05, 4.69) is 58.2 Å². The lowest BCUT2D eigenvalue weighted by molar-refractivity contribution is -0.125. The Bertz CT molecular complexity index is 1030. The maximum Gasteiger partial charge on any atom is 0.225 e. The fourth-order valence-electron chi connectivity index (χ4n) is 4.40. The SMILES string of the molecule is CCN(CC)c1ccc(CNC(=O)C2CCCN(c3ccnc(-c4ccccc4)n3)C2)cc1. The topological polar surface area (TPSA) is 61.4 Å². The summed E-state index contributed by atoms with van der Waals surface area (Å²) in [5, 5.41) is 3.14. The highest BCUT2D eigenvalue weighted by Crippen LogP contribution is 2.24. The number of nitrogens with one attached hydrogen (secondary N) is 1. The van der Waals surface area contributed by atoms with E-state index in [0.717, 1.165) is 49.4 Å². The largest absolute Gasteiger partial charge is 0.372 e. The number of benzene rings is 2. The molecular formula is C27H33N5O. The maximum atomic E-state index is 12.9. The van der Waals surface area contributed by atoms with Crippen LogP contribution in [-0.4, -0.2) is 42.1 Å². The average Bonchev–Trinajstić information content (AvgIpc) is 2.89. The van der Waals surface area contributed by atoms with Crippen molar-refractivity contribution in [2.75, 3.05) is 36.0 Å². The van der Waals surface area contributed by atoms with Crippen molar-refractivity contribution in [1.82, 2.24) is 15.3 Å². The molecule has 1 saturated heterocycles. The zero-order valence-corrected chi connectivity index (χ0v) is 19.6. The molecule has 6 heteroatoms. The third kappa shape index (κ3) is 5.69. The van der Waals surface area contributed by atoms with Crippen molar-refractivity contribution in [3.8, 4) is 11.4 Å². The Kier molecular flexibility index (Phi) is 7.55. The molecule has 2 heterocycles. The van der Waals surface area contributed by atoms with Gasteiger partial charge in [0.15, 0.2) is 5.82 Å². The van der Waals surface area contributed by atoms with Gasteiger partial charge in [-0.15, -0.1) is 0 Å². The first kappa shape index (κ1) is 22.8. The van der Waals surface area contributed by atoms with Gasteiger partial charge in [0.1, 0.15) is 5.82 Å². The van der Waals surface area contributed by atoms with Gasteiger partial charge < -0.3 is 15.1 Å². The molecule has 1 aliphatic heterocycles. The van der Waals surface area contributed by atoms with Crippen LogP contribution in [0.4, 0.5) is 11.5 Å². The molecule has 0 bridgehead atoms. The molecule has 1 unspecified atom stereocenters. The first-order chi connectivity index (χ1) is 16.2. The smallest absolute Gasteiger partial charge is 0.225 e. The Labute approximate surface area is 196 Å². The Hall–Kier alpha value is -3.41. The molecule has 4 rings (SSSR count). The zero-order valence-electron chi connectivity index (χ0n) is 19.6. The number of hydrogen-bond donors (Lipinski definition) is 1. The summed E-state index contributed by atoms with van der Waals surface area (Å²) >= 11 is 0. The van der Waals surface area contributed by atoms with E-state index in [1.54, 1.807) is 6.20 Å². The monoisotopic (exact) mass is 443 g/mol. The summed E-state index contributed by atoms with van der Waals surface area (Å²) in [5.74, 6) is 1.68. The van der Waals surface area contributed by atoms with Gasteiger partial charge in [-0.2, -0.15) is 0 Å². The van der Waals surface area contributed by atoms with E-state index in [9.17, 15) is 4.79 Å². The van der Waals surface area contributed by atoms with Gasteiger partial charge in [0, 0.05) is 50.2 Å². The second kappa shape index (κ2) is 10.9. The van der Waals surface area contributed by atoms with Crippen LogP contribution in [0.5, 0.6) is 0 Å². The highest BCUT2D eigenvalue weighted by Gasteiger charge is 2.26. The van der Waals surface area contributed by atoms with Crippen molar-refractivity contribution in [2.24, 2.45) is 5.92 Å². The van der Waals surface area contributed by atoms with Crippen molar-refractivity contribution in [1.29, 1.82) is 0 Å². The van der Waals surface area contributed by atoms with E-state index in [1.165, 1.54) is 5.69 Å². The van der Waals surface area contributed by atoms with Gasteiger partial charge in [-0.1, -0.05) is 42.5 Å². The van der Waals surface area contributed by atoms with Gasteiger partial charge in [-0.05, 0) is 50.5 Å². The molecule has 1 atom stereocenters. The normalized spacial score (nSPS) is 15.8. The maximum absolute atomic E-state index is 12.9. The molecule has 1 N–H and O–H groups in total. The fourth-order valence-corrected chi connectivity index (χ4v) is 4.40. The average molecular weight is 444 g/mol. The lowest BCUT2D eigenvalue weighted by Crippen LogP contribution is -2.43. The predicted octanol–water partition coefficient (Wildman–Crippen LogP) is 4.52. The van der Waals surface area contributed by atoms with E-state index >= 15 is 0 Å². The molecule has 0 spiro atoms. The van der Waals surface area contributed by atoms with Crippen molar-refractivity contribution in [3.63, 3.8) is 0 Å². The van der Waals surface area contributed by atoms with Crippen LogP contribution in [0.15, 0.2) is 66.9 Å². The number of carbonyl (C=O) groups excluding carboxylic acids is 1. The molecule has 0 aliphatic carbocycles. The first-order valence-electron chi connectivity index (χ1n) is 11.9. The number of hydrogen-bond acceptors (Lipinski definition) is 5.